The van der Waals surface area contributed by atoms with Gasteiger partial charge in [0.1, 0.15) is 17.5 Å². The number of anilines is 1. The van der Waals surface area contributed by atoms with Crippen LogP contribution in [0.1, 0.15) is 13.8 Å². The first-order chi connectivity index (χ1) is 8.08. The number of aromatic nitrogens is 1. The minimum atomic E-state index is -0.366. The summed E-state index contributed by atoms with van der Waals surface area (Å²) in [5.74, 6) is 0.373. The van der Waals surface area contributed by atoms with E-state index in [1.807, 2.05) is 18.7 Å². The molecule has 1 unspecified atom stereocenters. The highest BCUT2D eigenvalue weighted by Gasteiger charge is 2.14. The molecule has 0 saturated carbocycles. The zero-order valence-electron chi connectivity index (χ0n) is 9.97. The van der Waals surface area contributed by atoms with E-state index < -0.39 is 0 Å². The van der Waals surface area contributed by atoms with E-state index in [9.17, 15) is 4.39 Å². The van der Waals surface area contributed by atoms with Crippen LogP contribution in [-0.2, 0) is 0 Å². The highest BCUT2D eigenvalue weighted by atomic mass is 19.1. The summed E-state index contributed by atoms with van der Waals surface area (Å²) in [6.45, 7) is 5.08. The monoisotopic (exact) mass is 240 g/mol. The lowest BCUT2D eigenvalue weighted by molar-refractivity contribution is 0.314. The summed E-state index contributed by atoms with van der Waals surface area (Å²) in [7, 11) is 0. The largest absolute Gasteiger partial charge is 0.409 e. The van der Waals surface area contributed by atoms with Gasteiger partial charge in [0.05, 0.1) is 6.20 Å². The van der Waals surface area contributed by atoms with Crippen LogP contribution in [0.5, 0.6) is 0 Å². The van der Waals surface area contributed by atoms with Gasteiger partial charge in [0.25, 0.3) is 0 Å². The second-order valence-electron chi connectivity index (χ2n) is 3.80. The third-order valence-electron chi connectivity index (χ3n) is 2.53. The molecule has 5 nitrogen and oxygen atoms in total. The molecule has 17 heavy (non-hydrogen) atoms. The summed E-state index contributed by atoms with van der Waals surface area (Å²) in [4.78, 5) is 5.93. The predicted molar refractivity (Wildman–Crippen MR) is 64.7 cm³/mol. The second kappa shape index (κ2) is 6.03. The summed E-state index contributed by atoms with van der Waals surface area (Å²) in [6.07, 6.45) is 1.17. The Kier molecular flexibility index (Phi) is 4.68. The van der Waals surface area contributed by atoms with E-state index in [-0.39, 0.29) is 17.6 Å². The number of halogens is 1. The normalized spacial score (nSPS) is 13.5. The van der Waals surface area contributed by atoms with Crippen LogP contribution in [-0.4, -0.2) is 29.1 Å². The zero-order chi connectivity index (χ0) is 12.8. The standard InChI is InChI=1S/C11H17FN4O/c1-3-16(7-8(2)11(13)15-17)10-5-4-9(12)6-14-10/h4-6,8,17H,3,7H2,1-2H3,(H2,13,15). The molecule has 0 aliphatic carbocycles. The van der Waals surface area contributed by atoms with Gasteiger partial charge in [-0.15, -0.1) is 0 Å². The van der Waals surface area contributed by atoms with Gasteiger partial charge in [0.2, 0.25) is 0 Å². The molecule has 0 bridgehead atoms. The van der Waals surface area contributed by atoms with Gasteiger partial charge in [-0.25, -0.2) is 9.37 Å². The molecule has 1 aromatic heterocycles. The van der Waals surface area contributed by atoms with Crippen LogP contribution in [0.4, 0.5) is 10.2 Å². The molecule has 1 aromatic rings. The van der Waals surface area contributed by atoms with Gasteiger partial charge in [-0.05, 0) is 19.1 Å². The lowest BCUT2D eigenvalue weighted by Gasteiger charge is -2.24. The van der Waals surface area contributed by atoms with Crippen LogP contribution in [0.3, 0.4) is 0 Å². The van der Waals surface area contributed by atoms with Crippen molar-refractivity contribution in [1.82, 2.24) is 4.98 Å². The van der Waals surface area contributed by atoms with Crippen molar-refractivity contribution in [3.05, 3.63) is 24.1 Å². The van der Waals surface area contributed by atoms with E-state index in [2.05, 4.69) is 10.1 Å². The SMILES string of the molecule is CCN(CC(C)C(N)=NO)c1ccc(F)cn1. The molecular weight excluding hydrogens is 223 g/mol. The number of amidine groups is 1. The molecule has 0 radical (unpaired) electrons. The molecule has 0 aliphatic rings. The van der Waals surface area contributed by atoms with Crippen LogP contribution in [0.2, 0.25) is 0 Å². The highest BCUT2D eigenvalue weighted by molar-refractivity contribution is 5.82. The van der Waals surface area contributed by atoms with E-state index >= 15 is 0 Å². The van der Waals surface area contributed by atoms with Crippen LogP contribution in [0, 0.1) is 11.7 Å². The van der Waals surface area contributed by atoms with E-state index in [1.165, 1.54) is 12.3 Å². The Morgan fingerprint density at radius 1 is 1.65 bits per heavy atom. The summed E-state index contributed by atoms with van der Waals surface area (Å²) < 4.78 is 12.7. The van der Waals surface area contributed by atoms with Gasteiger partial charge in [0, 0.05) is 19.0 Å². The van der Waals surface area contributed by atoms with Crippen molar-refractivity contribution in [2.24, 2.45) is 16.8 Å². The summed E-state index contributed by atoms with van der Waals surface area (Å²) in [6, 6.07) is 2.97. The summed E-state index contributed by atoms with van der Waals surface area (Å²) in [5, 5.41) is 11.5. The molecule has 0 aliphatic heterocycles. The number of rotatable bonds is 5. The molecular formula is C11H17FN4O. The zero-order valence-corrected chi connectivity index (χ0v) is 9.97. The van der Waals surface area contributed by atoms with Crippen molar-refractivity contribution in [1.29, 1.82) is 0 Å². The number of pyridine rings is 1. The van der Waals surface area contributed by atoms with Crippen molar-refractivity contribution in [3.63, 3.8) is 0 Å². The summed E-state index contributed by atoms with van der Waals surface area (Å²) >= 11 is 0. The molecule has 1 heterocycles. The van der Waals surface area contributed by atoms with E-state index in [0.29, 0.717) is 18.9 Å². The Morgan fingerprint density at radius 2 is 2.35 bits per heavy atom. The number of nitrogens with two attached hydrogens (primary N) is 1. The highest BCUT2D eigenvalue weighted by Crippen LogP contribution is 2.12. The molecule has 0 fully saturated rings. The first-order valence-electron chi connectivity index (χ1n) is 5.42. The number of hydrogen-bond acceptors (Lipinski definition) is 4. The molecule has 0 saturated heterocycles. The van der Waals surface area contributed by atoms with Crippen molar-refractivity contribution in [2.75, 3.05) is 18.0 Å². The molecule has 3 N–H and O–H groups in total. The van der Waals surface area contributed by atoms with Crippen LogP contribution in [0.15, 0.2) is 23.5 Å². The molecule has 6 heteroatoms. The van der Waals surface area contributed by atoms with Gasteiger partial charge in [-0.3, -0.25) is 0 Å². The van der Waals surface area contributed by atoms with Gasteiger partial charge < -0.3 is 15.8 Å². The minimum absolute atomic E-state index is 0.105. The molecule has 1 atom stereocenters. The Bertz CT molecular complexity index is 380. The average molecular weight is 240 g/mol. The predicted octanol–water partition coefficient (Wildman–Crippen LogP) is 1.43. The Morgan fingerprint density at radius 3 is 2.82 bits per heavy atom. The number of nitrogens with zero attached hydrogens (tertiary/aromatic N) is 3. The van der Waals surface area contributed by atoms with Crippen molar-refractivity contribution in [2.45, 2.75) is 13.8 Å². The van der Waals surface area contributed by atoms with E-state index in [1.54, 1.807) is 6.07 Å². The molecule has 94 valence electrons. The van der Waals surface area contributed by atoms with Crippen LogP contribution < -0.4 is 10.6 Å². The van der Waals surface area contributed by atoms with E-state index in [0.717, 1.165) is 0 Å². The van der Waals surface area contributed by atoms with Gasteiger partial charge in [-0.1, -0.05) is 12.1 Å². The number of hydrogen-bond donors (Lipinski definition) is 2. The van der Waals surface area contributed by atoms with Crippen molar-refractivity contribution >= 4 is 11.7 Å². The smallest absolute Gasteiger partial charge is 0.143 e. The van der Waals surface area contributed by atoms with Gasteiger partial charge in [0.15, 0.2) is 0 Å². The van der Waals surface area contributed by atoms with Crippen LogP contribution in [0.25, 0.3) is 0 Å². The first-order valence-corrected chi connectivity index (χ1v) is 5.42. The fraction of sp³-hybridized carbons (Fsp3) is 0.455. The maximum Gasteiger partial charge on any atom is 0.143 e. The van der Waals surface area contributed by atoms with Crippen molar-refractivity contribution < 1.29 is 9.60 Å². The topological polar surface area (TPSA) is 74.7 Å². The quantitative estimate of drug-likeness (QED) is 0.353. The Balaban J connectivity index is 2.75. The summed E-state index contributed by atoms with van der Waals surface area (Å²) in [5.41, 5.74) is 5.51. The second-order valence-corrected chi connectivity index (χ2v) is 3.80. The van der Waals surface area contributed by atoms with Crippen molar-refractivity contribution in [3.8, 4) is 0 Å². The maximum atomic E-state index is 12.7. The number of oxime groups is 1. The third kappa shape index (κ3) is 3.58. The fourth-order valence-corrected chi connectivity index (χ4v) is 1.46. The van der Waals surface area contributed by atoms with Crippen LogP contribution >= 0.6 is 0 Å². The molecule has 0 aromatic carbocycles. The maximum absolute atomic E-state index is 12.7. The lowest BCUT2D eigenvalue weighted by atomic mass is 10.1. The average Bonchev–Trinajstić information content (AvgIpc) is 2.35. The minimum Gasteiger partial charge on any atom is -0.409 e. The third-order valence-corrected chi connectivity index (χ3v) is 2.53. The molecule has 0 amide bonds. The van der Waals surface area contributed by atoms with Gasteiger partial charge in [-0.2, -0.15) is 0 Å². The Hall–Kier alpha value is -1.85. The molecule has 0 spiro atoms. The molecule has 1 rings (SSSR count). The van der Waals surface area contributed by atoms with Gasteiger partial charge >= 0.3 is 0 Å². The lowest BCUT2D eigenvalue weighted by Crippen LogP contribution is -2.35. The Labute approximate surface area is 99.7 Å². The first kappa shape index (κ1) is 13.2. The fourth-order valence-electron chi connectivity index (χ4n) is 1.46. The van der Waals surface area contributed by atoms with E-state index in [4.69, 9.17) is 10.9 Å².